The molecule has 3 rings (SSSR count). The molecule has 1 aromatic rings. The third-order valence-corrected chi connectivity index (χ3v) is 5.94. The van der Waals surface area contributed by atoms with Gasteiger partial charge in [-0.2, -0.15) is 0 Å². The molecule has 2 aliphatic heterocycles. The number of amides is 1. The van der Waals surface area contributed by atoms with E-state index >= 15 is 0 Å². The molecular formula is C19H28N2O2. The molecule has 2 fully saturated rings. The molecule has 2 aliphatic rings. The molecule has 0 radical (unpaired) electrons. The van der Waals surface area contributed by atoms with Crippen molar-refractivity contribution in [2.45, 2.75) is 63.1 Å². The van der Waals surface area contributed by atoms with Crippen LogP contribution in [0.4, 0.5) is 0 Å². The topological polar surface area (TPSA) is 52.6 Å². The standard InChI is InChI=1S/C19H28N2O2/c1-13-4-6-14(7-5-13)19(2,12-22)18(23)20-15-10-16-8-9-17(11-15)21(16)3/h4-7,15-17,22H,8-12H2,1-3H3,(H,20,23). The predicted molar refractivity (Wildman–Crippen MR) is 91.4 cm³/mol. The first-order valence-corrected chi connectivity index (χ1v) is 8.65. The van der Waals surface area contributed by atoms with Gasteiger partial charge in [-0.25, -0.2) is 0 Å². The summed E-state index contributed by atoms with van der Waals surface area (Å²) in [7, 11) is 2.20. The van der Waals surface area contributed by atoms with Crippen molar-refractivity contribution in [3.8, 4) is 0 Å². The molecule has 1 amide bonds. The Bertz CT molecular complexity index is 557. The Morgan fingerprint density at radius 3 is 2.35 bits per heavy atom. The highest BCUT2D eigenvalue weighted by atomic mass is 16.3. The molecule has 0 aliphatic carbocycles. The number of benzene rings is 1. The van der Waals surface area contributed by atoms with Crippen molar-refractivity contribution >= 4 is 5.91 Å². The summed E-state index contributed by atoms with van der Waals surface area (Å²) in [5, 5.41) is 13.1. The van der Waals surface area contributed by atoms with Crippen LogP contribution in [0.3, 0.4) is 0 Å². The van der Waals surface area contributed by atoms with Crippen LogP contribution in [0.5, 0.6) is 0 Å². The molecule has 0 aromatic heterocycles. The summed E-state index contributed by atoms with van der Waals surface area (Å²) in [5.74, 6) is -0.0576. The van der Waals surface area contributed by atoms with Gasteiger partial charge in [0, 0.05) is 18.1 Å². The summed E-state index contributed by atoms with van der Waals surface area (Å²) in [4.78, 5) is 15.3. The molecule has 3 unspecified atom stereocenters. The van der Waals surface area contributed by atoms with Crippen LogP contribution in [0.25, 0.3) is 0 Å². The van der Waals surface area contributed by atoms with Crippen LogP contribution in [-0.2, 0) is 10.2 Å². The van der Waals surface area contributed by atoms with E-state index in [0.717, 1.165) is 24.0 Å². The van der Waals surface area contributed by atoms with Crippen molar-refractivity contribution < 1.29 is 9.90 Å². The Labute approximate surface area is 138 Å². The number of carbonyl (C=O) groups excluding carboxylic acids is 1. The minimum absolute atomic E-state index is 0.0576. The van der Waals surface area contributed by atoms with Crippen LogP contribution in [0, 0.1) is 6.92 Å². The number of aliphatic hydroxyl groups excluding tert-OH is 1. The molecule has 2 bridgehead atoms. The second-order valence-electron chi connectivity index (χ2n) is 7.55. The molecule has 4 nitrogen and oxygen atoms in total. The second kappa shape index (κ2) is 6.25. The van der Waals surface area contributed by atoms with E-state index < -0.39 is 5.41 Å². The lowest BCUT2D eigenvalue weighted by molar-refractivity contribution is -0.128. The van der Waals surface area contributed by atoms with Gasteiger partial charge in [-0.05, 0) is 52.1 Å². The van der Waals surface area contributed by atoms with Crippen molar-refractivity contribution in [3.63, 3.8) is 0 Å². The first-order chi connectivity index (χ1) is 10.9. The Balaban J connectivity index is 1.72. The number of nitrogens with one attached hydrogen (secondary N) is 1. The molecule has 1 aromatic carbocycles. The summed E-state index contributed by atoms with van der Waals surface area (Å²) in [5.41, 5.74) is 1.15. The van der Waals surface area contributed by atoms with Gasteiger partial charge in [0.2, 0.25) is 5.91 Å². The number of rotatable bonds is 4. The zero-order valence-electron chi connectivity index (χ0n) is 14.4. The number of nitrogens with zero attached hydrogens (tertiary/aromatic N) is 1. The molecule has 126 valence electrons. The summed E-state index contributed by atoms with van der Waals surface area (Å²) >= 11 is 0. The first kappa shape index (κ1) is 16.5. The fraction of sp³-hybridized carbons (Fsp3) is 0.632. The molecule has 0 spiro atoms. The van der Waals surface area contributed by atoms with Gasteiger partial charge >= 0.3 is 0 Å². The van der Waals surface area contributed by atoms with Crippen molar-refractivity contribution in [3.05, 3.63) is 35.4 Å². The molecule has 0 saturated carbocycles. The Hall–Kier alpha value is -1.39. The summed E-state index contributed by atoms with van der Waals surface area (Å²) in [6, 6.07) is 9.30. The van der Waals surface area contributed by atoms with Crippen LogP contribution in [0.2, 0.25) is 0 Å². The Kier molecular flexibility index (Phi) is 4.47. The number of hydrogen-bond acceptors (Lipinski definition) is 3. The number of piperidine rings is 1. The molecule has 4 heteroatoms. The highest BCUT2D eigenvalue weighted by Gasteiger charge is 2.41. The summed E-state index contributed by atoms with van der Waals surface area (Å²) in [6.07, 6.45) is 4.52. The van der Waals surface area contributed by atoms with E-state index in [1.807, 2.05) is 38.1 Å². The van der Waals surface area contributed by atoms with Crippen LogP contribution < -0.4 is 5.32 Å². The van der Waals surface area contributed by atoms with Crippen molar-refractivity contribution in [2.75, 3.05) is 13.7 Å². The van der Waals surface area contributed by atoms with E-state index in [2.05, 4.69) is 17.3 Å². The van der Waals surface area contributed by atoms with Crippen molar-refractivity contribution in [1.29, 1.82) is 0 Å². The molecule has 23 heavy (non-hydrogen) atoms. The minimum Gasteiger partial charge on any atom is -0.395 e. The van der Waals surface area contributed by atoms with Gasteiger partial charge in [-0.1, -0.05) is 29.8 Å². The van der Waals surface area contributed by atoms with E-state index in [9.17, 15) is 9.90 Å². The monoisotopic (exact) mass is 316 g/mol. The van der Waals surface area contributed by atoms with Crippen LogP contribution in [0.15, 0.2) is 24.3 Å². The number of carbonyl (C=O) groups is 1. The fourth-order valence-corrected chi connectivity index (χ4v) is 4.09. The van der Waals surface area contributed by atoms with Gasteiger partial charge in [-0.3, -0.25) is 4.79 Å². The van der Waals surface area contributed by atoms with E-state index in [0.29, 0.717) is 12.1 Å². The normalized spacial score (nSPS) is 30.0. The largest absolute Gasteiger partial charge is 0.395 e. The number of aliphatic hydroxyl groups is 1. The smallest absolute Gasteiger partial charge is 0.232 e. The van der Waals surface area contributed by atoms with Gasteiger partial charge in [0.25, 0.3) is 0 Å². The predicted octanol–water partition coefficient (Wildman–Crippen LogP) is 1.99. The first-order valence-electron chi connectivity index (χ1n) is 8.65. The van der Waals surface area contributed by atoms with Gasteiger partial charge in [0.15, 0.2) is 0 Å². The molecule has 3 atom stereocenters. The SMILES string of the molecule is Cc1ccc(C(C)(CO)C(=O)NC2CC3CCC(C2)N3C)cc1. The highest BCUT2D eigenvalue weighted by Crippen LogP contribution is 2.34. The maximum absolute atomic E-state index is 12.9. The van der Waals surface area contributed by atoms with Crippen LogP contribution in [-0.4, -0.2) is 47.7 Å². The van der Waals surface area contributed by atoms with E-state index in [-0.39, 0.29) is 18.6 Å². The zero-order valence-corrected chi connectivity index (χ0v) is 14.4. The molecular weight excluding hydrogens is 288 g/mol. The second-order valence-corrected chi connectivity index (χ2v) is 7.55. The minimum atomic E-state index is -0.879. The van der Waals surface area contributed by atoms with Crippen molar-refractivity contribution in [2.24, 2.45) is 0 Å². The molecule has 2 heterocycles. The van der Waals surface area contributed by atoms with Crippen molar-refractivity contribution in [1.82, 2.24) is 10.2 Å². The summed E-state index contributed by atoms with van der Waals surface area (Å²) < 4.78 is 0. The Morgan fingerprint density at radius 2 is 1.83 bits per heavy atom. The lowest BCUT2D eigenvalue weighted by Gasteiger charge is -2.38. The molecule has 2 saturated heterocycles. The van der Waals surface area contributed by atoms with Gasteiger partial charge in [0.1, 0.15) is 0 Å². The summed E-state index contributed by atoms with van der Waals surface area (Å²) in [6.45, 7) is 3.67. The fourth-order valence-electron chi connectivity index (χ4n) is 4.09. The van der Waals surface area contributed by atoms with E-state index in [1.54, 1.807) is 0 Å². The lowest BCUT2D eigenvalue weighted by atomic mass is 9.81. The highest BCUT2D eigenvalue weighted by molar-refractivity contribution is 5.88. The maximum Gasteiger partial charge on any atom is 0.232 e. The van der Waals surface area contributed by atoms with Gasteiger partial charge < -0.3 is 15.3 Å². The van der Waals surface area contributed by atoms with Gasteiger partial charge in [0.05, 0.1) is 12.0 Å². The zero-order chi connectivity index (χ0) is 16.6. The van der Waals surface area contributed by atoms with Crippen LogP contribution in [0.1, 0.15) is 43.7 Å². The van der Waals surface area contributed by atoms with Crippen LogP contribution >= 0.6 is 0 Å². The molecule has 2 N–H and O–H groups in total. The average molecular weight is 316 g/mol. The van der Waals surface area contributed by atoms with E-state index in [1.165, 1.54) is 12.8 Å². The number of aryl methyl sites for hydroxylation is 1. The third-order valence-electron chi connectivity index (χ3n) is 5.94. The number of hydrogen-bond donors (Lipinski definition) is 2. The lowest BCUT2D eigenvalue weighted by Crippen LogP contribution is -2.53. The van der Waals surface area contributed by atoms with Gasteiger partial charge in [-0.15, -0.1) is 0 Å². The number of fused-ring (bicyclic) bond motifs is 2. The third kappa shape index (κ3) is 3.02. The maximum atomic E-state index is 12.9. The quantitative estimate of drug-likeness (QED) is 0.893. The Morgan fingerprint density at radius 1 is 1.26 bits per heavy atom. The van der Waals surface area contributed by atoms with E-state index in [4.69, 9.17) is 0 Å². The average Bonchev–Trinajstić information content (AvgIpc) is 2.76.